The Morgan fingerprint density at radius 2 is 1.90 bits per heavy atom. The average molecular weight is 285 g/mol. The first-order valence-corrected chi connectivity index (χ1v) is 6.54. The van der Waals surface area contributed by atoms with Crippen molar-refractivity contribution in [2.75, 3.05) is 37.2 Å². The summed E-state index contributed by atoms with van der Waals surface area (Å²) in [6.45, 7) is 0. The van der Waals surface area contributed by atoms with E-state index in [1.807, 2.05) is 43.3 Å². The molecule has 5 heteroatoms. The van der Waals surface area contributed by atoms with Crippen LogP contribution in [0.1, 0.15) is 10.4 Å². The van der Waals surface area contributed by atoms with E-state index in [0.717, 1.165) is 11.4 Å². The minimum absolute atomic E-state index is 0.206. The molecular formula is C16H19N3O2. The van der Waals surface area contributed by atoms with Crippen LogP contribution in [0.15, 0.2) is 42.5 Å². The Labute approximate surface area is 124 Å². The Kier molecular flexibility index (Phi) is 4.33. The van der Waals surface area contributed by atoms with E-state index in [9.17, 15) is 4.79 Å². The Morgan fingerprint density at radius 1 is 1.19 bits per heavy atom. The first kappa shape index (κ1) is 14.7. The number of rotatable bonds is 4. The molecule has 0 bridgehead atoms. The van der Waals surface area contributed by atoms with Crippen LogP contribution in [0.4, 0.5) is 17.1 Å². The maximum Gasteiger partial charge on any atom is 0.255 e. The smallest absolute Gasteiger partial charge is 0.255 e. The molecule has 5 nitrogen and oxygen atoms in total. The van der Waals surface area contributed by atoms with Crippen molar-refractivity contribution in [3.05, 3.63) is 48.0 Å². The molecule has 21 heavy (non-hydrogen) atoms. The van der Waals surface area contributed by atoms with Gasteiger partial charge in [-0.1, -0.05) is 12.1 Å². The zero-order valence-corrected chi connectivity index (χ0v) is 12.4. The fourth-order valence-electron chi connectivity index (χ4n) is 2.02. The van der Waals surface area contributed by atoms with Crippen LogP contribution in [-0.2, 0) is 0 Å². The summed E-state index contributed by atoms with van der Waals surface area (Å²) in [7, 11) is 5.38. The van der Waals surface area contributed by atoms with Crippen molar-refractivity contribution in [2.24, 2.45) is 0 Å². The van der Waals surface area contributed by atoms with Gasteiger partial charge >= 0.3 is 0 Å². The first-order valence-electron chi connectivity index (χ1n) is 6.54. The molecule has 0 saturated heterocycles. The molecule has 0 unspecified atom stereocenters. The normalized spacial score (nSPS) is 10.0. The van der Waals surface area contributed by atoms with Gasteiger partial charge in [0.25, 0.3) is 5.91 Å². The molecule has 0 fully saturated rings. The Morgan fingerprint density at radius 3 is 2.57 bits per heavy atom. The lowest BCUT2D eigenvalue weighted by Crippen LogP contribution is -2.16. The van der Waals surface area contributed by atoms with Crippen LogP contribution in [-0.4, -0.2) is 27.1 Å². The Hall–Kier alpha value is -2.69. The third-order valence-corrected chi connectivity index (χ3v) is 3.13. The number of carbonyl (C=O) groups excluding carboxylic acids is 1. The van der Waals surface area contributed by atoms with Crippen LogP contribution >= 0.6 is 0 Å². The molecule has 2 aromatic rings. The summed E-state index contributed by atoms with van der Waals surface area (Å²) in [5, 5.41) is 2.90. The Balaban J connectivity index is 2.26. The summed E-state index contributed by atoms with van der Waals surface area (Å²) < 4.78 is 5.13. The van der Waals surface area contributed by atoms with Crippen LogP contribution in [0.3, 0.4) is 0 Å². The van der Waals surface area contributed by atoms with Gasteiger partial charge in [0.1, 0.15) is 5.75 Å². The number of para-hydroxylation sites is 2. The molecular weight excluding hydrogens is 266 g/mol. The van der Waals surface area contributed by atoms with Crippen molar-refractivity contribution < 1.29 is 9.53 Å². The summed E-state index contributed by atoms with van der Waals surface area (Å²) in [5.41, 5.74) is 8.44. The molecule has 0 aliphatic rings. The fraction of sp³-hybridized carbons (Fsp3) is 0.188. The highest BCUT2D eigenvalue weighted by Crippen LogP contribution is 2.26. The van der Waals surface area contributed by atoms with E-state index < -0.39 is 0 Å². The molecule has 3 N–H and O–H groups in total. The summed E-state index contributed by atoms with van der Waals surface area (Å²) in [4.78, 5) is 14.3. The minimum atomic E-state index is -0.206. The number of nitrogen functional groups attached to an aromatic ring is 1. The number of hydrogen-bond acceptors (Lipinski definition) is 4. The van der Waals surface area contributed by atoms with Crippen LogP contribution in [0.25, 0.3) is 0 Å². The number of amides is 1. The maximum atomic E-state index is 12.3. The number of benzene rings is 2. The third kappa shape index (κ3) is 3.25. The van der Waals surface area contributed by atoms with Gasteiger partial charge < -0.3 is 20.7 Å². The lowest BCUT2D eigenvalue weighted by atomic mass is 10.1. The molecule has 0 spiro atoms. The molecule has 0 aromatic heterocycles. The van der Waals surface area contributed by atoms with Crippen molar-refractivity contribution in [1.29, 1.82) is 0 Å². The van der Waals surface area contributed by atoms with Crippen molar-refractivity contribution in [2.45, 2.75) is 0 Å². The lowest BCUT2D eigenvalue weighted by molar-refractivity contribution is 0.102. The SMILES string of the molecule is COc1cc(C(=O)Nc2ccccc2N(C)C)ccc1N. The van der Waals surface area contributed by atoms with Crippen LogP contribution in [0.2, 0.25) is 0 Å². The number of ether oxygens (including phenoxy) is 1. The second kappa shape index (κ2) is 6.17. The van der Waals surface area contributed by atoms with Gasteiger partial charge in [-0.05, 0) is 30.3 Å². The number of anilines is 3. The maximum absolute atomic E-state index is 12.3. The molecule has 0 radical (unpaired) electrons. The summed E-state index contributed by atoms with van der Waals surface area (Å²) in [6.07, 6.45) is 0. The molecule has 1 amide bonds. The van der Waals surface area contributed by atoms with Gasteiger partial charge in [0.15, 0.2) is 0 Å². The molecule has 110 valence electrons. The highest BCUT2D eigenvalue weighted by molar-refractivity contribution is 6.06. The lowest BCUT2D eigenvalue weighted by Gasteiger charge is -2.18. The highest BCUT2D eigenvalue weighted by Gasteiger charge is 2.11. The van der Waals surface area contributed by atoms with Gasteiger partial charge in [0.2, 0.25) is 0 Å². The van der Waals surface area contributed by atoms with E-state index in [4.69, 9.17) is 10.5 Å². The fourth-order valence-corrected chi connectivity index (χ4v) is 2.02. The largest absolute Gasteiger partial charge is 0.495 e. The standard InChI is InChI=1S/C16H19N3O2/c1-19(2)14-7-5-4-6-13(14)18-16(20)11-8-9-12(17)15(10-11)21-3/h4-10H,17H2,1-3H3,(H,18,20). The summed E-state index contributed by atoms with van der Waals surface area (Å²) in [6, 6.07) is 12.6. The van der Waals surface area contributed by atoms with Crippen molar-refractivity contribution in [1.82, 2.24) is 0 Å². The monoisotopic (exact) mass is 285 g/mol. The third-order valence-electron chi connectivity index (χ3n) is 3.13. The number of methoxy groups -OCH3 is 1. The van der Waals surface area contributed by atoms with Crippen LogP contribution < -0.4 is 20.7 Å². The Bertz CT molecular complexity index is 654. The van der Waals surface area contributed by atoms with Gasteiger partial charge in [-0.2, -0.15) is 0 Å². The predicted octanol–water partition coefficient (Wildman–Crippen LogP) is 2.60. The van der Waals surface area contributed by atoms with Gasteiger partial charge in [0.05, 0.1) is 24.2 Å². The second-order valence-corrected chi connectivity index (χ2v) is 4.82. The van der Waals surface area contributed by atoms with E-state index in [0.29, 0.717) is 17.0 Å². The van der Waals surface area contributed by atoms with E-state index in [1.165, 1.54) is 7.11 Å². The molecule has 0 saturated carbocycles. The number of nitrogens with two attached hydrogens (primary N) is 1. The van der Waals surface area contributed by atoms with Gasteiger partial charge in [-0.3, -0.25) is 4.79 Å². The molecule has 2 aromatic carbocycles. The van der Waals surface area contributed by atoms with Gasteiger partial charge in [-0.25, -0.2) is 0 Å². The number of nitrogens with one attached hydrogen (secondary N) is 1. The predicted molar refractivity (Wildman–Crippen MR) is 86.1 cm³/mol. The topological polar surface area (TPSA) is 67.6 Å². The first-order chi connectivity index (χ1) is 10.0. The summed E-state index contributed by atoms with van der Waals surface area (Å²) in [5.74, 6) is 0.283. The van der Waals surface area contributed by atoms with E-state index in [-0.39, 0.29) is 5.91 Å². The highest BCUT2D eigenvalue weighted by atomic mass is 16.5. The van der Waals surface area contributed by atoms with E-state index in [2.05, 4.69) is 5.32 Å². The minimum Gasteiger partial charge on any atom is -0.495 e. The summed E-state index contributed by atoms with van der Waals surface area (Å²) >= 11 is 0. The number of hydrogen-bond donors (Lipinski definition) is 2. The van der Waals surface area contributed by atoms with Crippen molar-refractivity contribution in [3.8, 4) is 5.75 Å². The van der Waals surface area contributed by atoms with Gasteiger partial charge in [0, 0.05) is 19.7 Å². The molecule has 0 atom stereocenters. The van der Waals surface area contributed by atoms with Crippen molar-refractivity contribution in [3.63, 3.8) is 0 Å². The van der Waals surface area contributed by atoms with E-state index in [1.54, 1.807) is 18.2 Å². The second-order valence-electron chi connectivity index (χ2n) is 4.82. The number of carbonyl (C=O) groups is 1. The van der Waals surface area contributed by atoms with Crippen molar-refractivity contribution >= 4 is 23.0 Å². The zero-order chi connectivity index (χ0) is 15.4. The van der Waals surface area contributed by atoms with E-state index >= 15 is 0 Å². The quantitative estimate of drug-likeness (QED) is 0.847. The molecule has 0 aliphatic carbocycles. The number of nitrogens with zero attached hydrogens (tertiary/aromatic N) is 1. The average Bonchev–Trinajstić information content (AvgIpc) is 2.48. The molecule has 0 aliphatic heterocycles. The zero-order valence-electron chi connectivity index (χ0n) is 12.4. The van der Waals surface area contributed by atoms with Crippen LogP contribution in [0, 0.1) is 0 Å². The van der Waals surface area contributed by atoms with Gasteiger partial charge in [-0.15, -0.1) is 0 Å². The molecule has 0 heterocycles. The van der Waals surface area contributed by atoms with Crippen LogP contribution in [0.5, 0.6) is 5.75 Å². The molecule has 2 rings (SSSR count).